The average molecular weight is 392 g/mol. The number of nitro groups is 1. The van der Waals surface area contributed by atoms with Crippen LogP contribution < -0.4 is 10.6 Å². The first-order chi connectivity index (χ1) is 13.0. The Balaban J connectivity index is 1.69. The van der Waals surface area contributed by atoms with E-state index in [1.54, 1.807) is 18.6 Å². The van der Waals surface area contributed by atoms with Crippen molar-refractivity contribution in [3.8, 4) is 0 Å². The van der Waals surface area contributed by atoms with Gasteiger partial charge in [-0.05, 0) is 25.0 Å². The molecule has 0 spiro atoms. The Labute approximate surface area is 156 Å². The molecule has 1 fully saturated rings. The van der Waals surface area contributed by atoms with Crippen LogP contribution in [0.15, 0.2) is 41.7 Å². The molecule has 27 heavy (non-hydrogen) atoms. The Bertz CT molecular complexity index is 900. The van der Waals surface area contributed by atoms with Crippen LogP contribution in [0.2, 0.25) is 0 Å². The summed E-state index contributed by atoms with van der Waals surface area (Å²) in [7, 11) is -3.70. The van der Waals surface area contributed by atoms with Gasteiger partial charge in [0.2, 0.25) is 10.0 Å². The number of nitrogens with zero attached hydrogens (tertiary/aromatic N) is 4. The zero-order valence-corrected chi connectivity index (χ0v) is 15.4. The second-order valence-electron chi connectivity index (χ2n) is 5.99. The van der Waals surface area contributed by atoms with E-state index < -0.39 is 14.9 Å². The van der Waals surface area contributed by atoms with Crippen molar-refractivity contribution in [1.82, 2.24) is 14.3 Å². The quantitative estimate of drug-likeness (QED) is 0.394. The largest absolute Gasteiger partial charge is 0.378 e. The lowest BCUT2D eigenvalue weighted by molar-refractivity contribution is -0.384. The van der Waals surface area contributed by atoms with Crippen molar-refractivity contribution in [2.24, 2.45) is 0 Å². The fraction of sp³-hybridized carbons (Fsp3) is 0.375. The van der Waals surface area contributed by atoms with Gasteiger partial charge in [0, 0.05) is 44.6 Å². The maximum absolute atomic E-state index is 12.6. The van der Waals surface area contributed by atoms with Crippen LogP contribution in [0, 0.1) is 10.1 Å². The molecule has 11 heteroatoms. The number of hydrogen-bond acceptors (Lipinski definition) is 8. The summed E-state index contributed by atoms with van der Waals surface area (Å²) in [4.78, 5) is 18.8. The van der Waals surface area contributed by atoms with Gasteiger partial charge < -0.3 is 10.6 Å². The molecule has 1 aromatic heterocycles. The van der Waals surface area contributed by atoms with Gasteiger partial charge in [0.25, 0.3) is 5.69 Å². The first-order valence-electron chi connectivity index (χ1n) is 8.51. The molecule has 1 aliphatic heterocycles. The number of aromatic nitrogens is 2. The van der Waals surface area contributed by atoms with Gasteiger partial charge >= 0.3 is 0 Å². The molecule has 0 aliphatic carbocycles. The van der Waals surface area contributed by atoms with Gasteiger partial charge in [0.15, 0.2) is 0 Å². The van der Waals surface area contributed by atoms with Crippen LogP contribution in [-0.4, -0.2) is 53.8 Å². The van der Waals surface area contributed by atoms with Crippen LogP contribution in [0.1, 0.15) is 12.8 Å². The first kappa shape index (κ1) is 19.0. The van der Waals surface area contributed by atoms with Gasteiger partial charge in [0.05, 0.1) is 16.0 Å². The third kappa shape index (κ3) is 4.49. The molecule has 2 aromatic rings. The Morgan fingerprint density at radius 1 is 1.15 bits per heavy atom. The van der Waals surface area contributed by atoms with E-state index in [0.717, 1.165) is 18.9 Å². The molecule has 0 saturated carbocycles. The van der Waals surface area contributed by atoms with Crippen molar-refractivity contribution in [3.63, 3.8) is 0 Å². The molecule has 1 aliphatic rings. The Hall–Kier alpha value is -2.79. The van der Waals surface area contributed by atoms with Crippen molar-refractivity contribution >= 4 is 27.2 Å². The predicted octanol–water partition coefficient (Wildman–Crippen LogP) is 1.69. The lowest BCUT2D eigenvalue weighted by atomic mass is 10.2. The summed E-state index contributed by atoms with van der Waals surface area (Å²) in [6.45, 7) is 1.74. The SMILES string of the molecule is O=[N+]([O-])c1cc(S(=O)(=O)N2CCCC2)ccc1NCCNc1cnccn1. The van der Waals surface area contributed by atoms with E-state index in [1.165, 1.54) is 16.4 Å². The van der Waals surface area contributed by atoms with Crippen LogP contribution in [0.3, 0.4) is 0 Å². The molecule has 2 heterocycles. The molecule has 2 N–H and O–H groups in total. The standard InChI is InChI=1S/C16H20N6O4S/c23-22(24)15-11-13(27(25,26)21-9-1-2-10-21)3-4-14(15)18-7-8-20-16-12-17-5-6-19-16/h3-6,11-12,18H,1-2,7-10H2,(H,19,20). The fourth-order valence-corrected chi connectivity index (χ4v) is 4.37. The third-order valence-electron chi connectivity index (χ3n) is 4.18. The van der Waals surface area contributed by atoms with Gasteiger partial charge in [-0.15, -0.1) is 0 Å². The van der Waals surface area contributed by atoms with E-state index in [1.807, 2.05) is 0 Å². The molecule has 0 amide bonds. The highest BCUT2D eigenvalue weighted by Crippen LogP contribution is 2.30. The summed E-state index contributed by atoms with van der Waals surface area (Å²) < 4.78 is 26.6. The highest BCUT2D eigenvalue weighted by atomic mass is 32.2. The maximum Gasteiger partial charge on any atom is 0.293 e. The molecule has 0 unspecified atom stereocenters. The monoisotopic (exact) mass is 392 g/mol. The van der Waals surface area contributed by atoms with Crippen LogP contribution in [-0.2, 0) is 10.0 Å². The third-order valence-corrected chi connectivity index (χ3v) is 6.07. The topological polar surface area (TPSA) is 130 Å². The Morgan fingerprint density at radius 3 is 2.56 bits per heavy atom. The number of nitro benzene ring substituents is 1. The molecular weight excluding hydrogens is 372 g/mol. The van der Waals surface area contributed by atoms with Crippen LogP contribution >= 0.6 is 0 Å². The van der Waals surface area contributed by atoms with Crippen LogP contribution in [0.4, 0.5) is 17.2 Å². The second kappa shape index (κ2) is 8.27. The summed E-state index contributed by atoms with van der Waals surface area (Å²) in [5.74, 6) is 0.598. The van der Waals surface area contributed by atoms with Gasteiger partial charge in [-0.1, -0.05) is 0 Å². The van der Waals surface area contributed by atoms with Crippen molar-refractivity contribution in [2.75, 3.05) is 36.8 Å². The summed E-state index contributed by atoms with van der Waals surface area (Å²) in [5.41, 5.74) is -0.00362. The lowest BCUT2D eigenvalue weighted by Crippen LogP contribution is -2.28. The number of benzene rings is 1. The second-order valence-corrected chi connectivity index (χ2v) is 7.93. The van der Waals surface area contributed by atoms with Gasteiger partial charge in [0.1, 0.15) is 11.5 Å². The van der Waals surface area contributed by atoms with E-state index in [2.05, 4.69) is 20.6 Å². The zero-order valence-electron chi connectivity index (χ0n) is 14.5. The number of hydrogen-bond donors (Lipinski definition) is 2. The van der Waals surface area contributed by atoms with Crippen molar-refractivity contribution in [1.29, 1.82) is 0 Å². The van der Waals surface area contributed by atoms with Crippen LogP contribution in [0.25, 0.3) is 0 Å². The van der Waals surface area contributed by atoms with Gasteiger partial charge in [-0.25, -0.2) is 13.4 Å². The highest BCUT2D eigenvalue weighted by molar-refractivity contribution is 7.89. The summed E-state index contributed by atoms with van der Waals surface area (Å²) in [6, 6.07) is 3.95. The molecule has 3 rings (SSSR count). The minimum atomic E-state index is -3.70. The molecule has 1 saturated heterocycles. The minimum absolute atomic E-state index is 0.0562. The lowest BCUT2D eigenvalue weighted by Gasteiger charge is -2.16. The van der Waals surface area contributed by atoms with E-state index in [0.29, 0.717) is 32.0 Å². The average Bonchev–Trinajstić information content (AvgIpc) is 3.21. The van der Waals surface area contributed by atoms with Crippen molar-refractivity contribution < 1.29 is 13.3 Å². The summed E-state index contributed by atoms with van der Waals surface area (Å²) in [5, 5.41) is 17.4. The molecule has 1 aromatic carbocycles. The van der Waals surface area contributed by atoms with E-state index in [9.17, 15) is 18.5 Å². The number of anilines is 2. The van der Waals surface area contributed by atoms with Gasteiger partial charge in [-0.3, -0.25) is 15.1 Å². The van der Waals surface area contributed by atoms with Crippen molar-refractivity contribution in [3.05, 3.63) is 46.9 Å². The van der Waals surface area contributed by atoms with E-state index >= 15 is 0 Å². The maximum atomic E-state index is 12.6. The molecule has 0 radical (unpaired) electrons. The number of rotatable bonds is 8. The molecular formula is C16H20N6O4S. The normalized spacial score (nSPS) is 14.8. The Kier molecular flexibility index (Phi) is 5.81. The Morgan fingerprint density at radius 2 is 1.89 bits per heavy atom. The molecule has 10 nitrogen and oxygen atoms in total. The fourth-order valence-electron chi connectivity index (χ4n) is 2.83. The van der Waals surface area contributed by atoms with E-state index in [-0.39, 0.29) is 16.3 Å². The smallest absolute Gasteiger partial charge is 0.293 e. The van der Waals surface area contributed by atoms with Gasteiger partial charge in [-0.2, -0.15) is 4.31 Å². The molecule has 0 atom stereocenters. The molecule has 144 valence electrons. The van der Waals surface area contributed by atoms with Crippen LogP contribution in [0.5, 0.6) is 0 Å². The zero-order chi connectivity index (χ0) is 19.3. The molecule has 0 bridgehead atoms. The van der Waals surface area contributed by atoms with E-state index in [4.69, 9.17) is 0 Å². The summed E-state index contributed by atoms with van der Waals surface area (Å²) >= 11 is 0. The predicted molar refractivity (Wildman–Crippen MR) is 100 cm³/mol. The number of sulfonamides is 1. The van der Waals surface area contributed by atoms with Crippen molar-refractivity contribution in [2.45, 2.75) is 17.7 Å². The number of nitrogens with one attached hydrogen (secondary N) is 2. The minimum Gasteiger partial charge on any atom is -0.378 e. The first-order valence-corrected chi connectivity index (χ1v) is 9.95. The highest BCUT2D eigenvalue weighted by Gasteiger charge is 2.29. The summed E-state index contributed by atoms with van der Waals surface area (Å²) in [6.07, 6.45) is 6.30.